The number of likely N-dealkylation sites (tertiary alicyclic amines) is 1. The average Bonchev–Trinajstić information content (AvgIpc) is 2.50. The standard InChI is InChI=1S/C14H23N3O3/c1-3-12(18)15-8-9-16-14(20)11-7-5-6-10-17(11)13(19)4-2/h3,11H,1,4-10H2,2H3,(H,15,18)(H,16,20). The molecule has 1 fully saturated rings. The molecule has 1 heterocycles. The Morgan fingerprint density at radius 2 is 1.95 bits per heavy atom. The van der Waals surface area contributed by atoms with Gasteiger partial charge in [0.2, 0.25) is 17.7 Å². The van der Waals surface area contributed by atoms with Gasteiger partial charge in [-0.15, -0.1) is 0 Å². The van der Waals surface area contributed by atoms with Crippen molar-refractivity contribution in [3.05, 3.63) is 12.7 Å². The summed E-state index contributed by atoms with van der Waals surface area (Å²) in [4.78, 5) is 36.5. The van der Waals surface area contributed by atoms with Crippen molar-refractivity contribution in [3.63, 3.8) is 0 Å². The minimum atomic E-state index is -0.369. The Balaban J connectivity index is 2.41. The Bertz CT molecular complexity index is 382. The van der Waals surface area contributed by atoms with E-state index in [0.29, 0.717) is 32.5 Å². The molecule has 1 saturated heterocycles. The van der Waals surface area contributed by atoms with Crippen LogP contribution in [0.4, 0.5) is 0 Å². The number of amides is 3. The number of carbonyl (C=O) groups excluding carboxylic acids is 3. The van der Waals surface area contributed by atoms with E-state index in [1.54, 1.807) is 11.8 Å². The Kier molecular flexibility index (Phi) is 6.76. The third kappa shape index (κ3) is 4.68. The summed E-state index contributed by atoms with van der Waals surface area (Å²) in [6, 6.07) is -0.369. The summed E-state index contributed by atoms with van der Waals surface area (Å²) in [5, 5.41) is 5.34. The maximum absolute atomic E-state index is 12.1. The fourth-order valence-electron chi connectivity index (χ4n) is 2.27. The Morgan fingerprint density at radius 3 is 2.60 bits per heavy atom. The van der Waals surface area contributed by atoms with Crippen molar-refractivity contribution in [2.75, 3.05) is 19.6 Å². The Labute approximate surface area is 119 Å². The molecular weight excluding hydrogens is 258 g/mol. The van der Waals surface area contributed by atoms with Crippen LogP contribution in [-0.4, -0.2) is 48.3 Å². The van der Waals surface area contributed by atoms with E-state index < -0.39 is 0 Å². The van der Waals surface area contributed by atoms with Gasteiger partial charge in [-0.05, 0) is 25.3 Å². The van der Waals surface area contributed by atoms with Crippen LogP contribution >= 0.6 is 0 Å². The van der Waals surface area contributed by atoms with E-state index in [2.05, 4.69) is 17.2 Å². The minimum Gasteiger partial charge on any atom is -0.353 e. The summed E-state index contributed by atoms with van der Waals surface area (Å²) in [5.74, 6) is -0.385. The minimum absolute atomic E-state index is 0.0183. The SMILES string of the molecule is C=CC(=O)NCCNC(=O)C1CCCCN1C(=O)CC. The maximum Gasteiger partial charge on any atom is 0.243 e. The van der Waals surface area contributed by atoms with E-state index in [0.717, 1.165) is 12.8 Å². The molecule has 0 aliphatic carbocycles. The third-order valence-electron chi connectivity index (χ3n) is 3.34. The number of rotatable bonds is 6. The van der Waals surface area contributed by atoms with Crippen LogP contribution in [0.3, 0.4) is 0 Å². The van der Waals surface area contributed by atoms with Gasteiger partial charge in [-0.2, -0.15) is 0 Å². The van der Waals surface area contributed by atoms with Crippen LogP contribution in [0.1, 0.15) is 32.6 Å². The van der Waals surface area contributed by atoms with E-state index in [1.165, 1.54) is 6.08 Å². The first-order valence-corrected chi connectivity index (χ1v) is 7.07. The lowest BCUT2D eigenvalue weighted by molar-refractivity contribution is -0.142. The summed E-state index contributed by atoms with van der Waals surface area (Å²) in [5.41, 5.74) is 0. The molecule has 1 aliphatic heterocycles. The molecule has 1 rings (SSSR count). The molecule has 1 unspecified atom stereocenters. The number of nitrogens with one attached hydrogen (secondary N) is 2. The van der Waals surface area contributed by atoms with Gasteiger partial charge < -0.3 is 15.5 Å². The highest BCUT2D eigenvalue weighted by Crippen LogP contribution is 2.18. The van der Waals surface area contributed by atoms with Crippen molar-refractivity contribution in [1.29, 1.82) is 0 Å². The zero-order valence-corrected chi connectivity index (χ0v) is 12.0. The van der Waals surface area contributed by atoms with Crippen molar-refractivity contribution in [2.24, 2.45) is 0 Å². The molecule has 112 valence electrons. The fourth-order valence-corrected chi connectivity index (χ4v) is 2.27. The summed E-state index contributed by atoms with van der Waals surface area (Å²) in [6.45, 7) is 6.50. The lowest BCUT2D eigenvalue weighted by Gasteiger charge is -2.34. The molecule has 0 saturated carbocycles. The van der Waals surface area contributed by atoms with E-state index >= 15 is 0 Å². The van der Waals surface area contributed by atoms with Crippen LogP contribution in [-0.2, 0) is 14.4 Å². The summed E-state index contributed by atoms with van der Waals surface area (Å²) < 4.78 is 0. The van der Waals surface area contributed by atoms with Crippen molar-refractivity contribution < 1.29 is 14.4 Å². The van der Waals surface area contributed by atoms with Gasteiger partial charge in [-0.1, -0.05) is 13.5 Å². The van der Waals surface area contributed by atoms with Crippen LogP contribution in [0, 0.1) is 0 Å². The summed E-state index contributed by atoms with van der Waals surface area (Å²) in [7, 11) is 0. The quantitative estimate of drug-likeness (QED) is 0.539. The second-order valence-corrected chi connectivity index (χ2v) is 4.74. The first-order chi connectivity index (χ1) is 9.60. The van der Waals surface area contributed by atoms with Crippen molar-refractivity contribution >= 4 is 17.7 Å². The van der Waals surface area contributed by atoms with E-state index in [9.17, 15) is 14.4 Å². The molecule has 0 aromatic rings. The molecule has 6 nitrogen and oxygen atoms in total. The van der Waals surface area contributed by atoms with Gasteiger partial charge in [0, 0.05) is 26.1 Å². The predicted octanol–water partition coefficient (Wildman–Crippen LogP) is 0.196. The normalized spacial score (nSPS) is 18.2. The van der Waals surface area contributed by atoms with Crippen LogP contribution in [0.2, 0.25) is 0 Å². The zero-order chi connectivity index (χ0) is 15.0. The van der Waals surface area contributed by atoms with Crippen LogP contribution in [0.25, 0.3) is 0 Å². The smallest absolute Gasteiger partial charge is 0.243 e. The zero-order valence-electron chi connectivity index (χ0n) is 12.0. The summed E-state index contributed by atoms with van der Waals surface area (Å²) in [6.07, 6.45) is 4.21. The predicted molar refractivity (Wildman–Crippen MR) is 75.9 cm³/mol. The molecule has 0 bridgehead atoms. The molecule has 0 aromatic heterocycles. The molecule has 0 aromatic carbocycles. The second kappa shape index (κ2) is 8.35. The highest BCUT2D eigenvalue weighted by Gasteiger charge is 2.30. The molecule has 3 amide bonds. The highest BCUT2D eigenvalue weighted by atomic mass is 16.2. The number of carbonyl (C=O) groups is 3. The molecule has 20 heavy (non-hydrogen) atoms. The molecule has 0 spiro atoms. The van der Waals surface area contributed by atoms with Gasteiger partial charge in [0.05, 0.1) is 0 Å². The second-order valence-electron chi connectivity index (χ2n) is 4.74. The fraction of sp³-hybridized carbons (Fsp3) is 0.643. The van der Waals surface area contributed by atoms with Crippen LogP contribution in [0.15, 0.2) is 12.7 Å². The molecule has 6 heteroatoms. The van der Waals surface area contributed by atoms with Gasteiger partial charge in [0.1, 0.15) is 6.04 Å². The molecular formula is C14H23N3O3. The number of hydrogen-bond donors (Lipinski definition) is 2. The van der Waals surface area contributed by atoms with Gasteiger partial charge in [-0.3, -0.25) is 14.4 Å². The maximum atomic E-state index is 12.1. The molecule has 1 atom stereocenters. The first-order valence-electron chi connectivity index (χ1n) is 7.07. The van der Waals surface area contributed by atoms with E-state index in [-0.39, 0.29) is 23.8 Å². The lowest BCUT2D eigenvalue weighted by atomic mass is 10.0. The monoisotopic (exact) mass is 281 g/mol. The molecule has 1 aliphatic rings. The van der Waals surface area contributed by atoms with Crippen molar-refractivity contribution in [1.82, 2.24) is 15.5 Å². The Hall–Kier alpha value is -1.85. The Morgan fingerprint density at radius 1 is 1.25 bits per heavy atom. The first kappa shape index (κ1) is 16.2. The third-order valence-corrected chi connectivity index (χ3v) is 3.34. The number of hydrogen-bond acceptors (Lipinski definition) is 3. The van der Waals surface area contributed by atoms with Gasteiger partial charge in [0.25, 0.3) is 0 Å². The van der Waals surface area contributed by atoms with Gasteiger partial charge in [0.15, 0.2) is 0 Å². The topological polar surface area (TPSA) is 78.5 Å². The largest absolute Gasteiger partial charge is 0.353 e. The van der Waals surface area contributed by atoms with Crippen LogP contribution in [0.5, 0.6) is 0 Å². The van der Waals surface area contributed by atoms with E-state index in [4.69, 9.17) is 0 Å². The average molecular weight is 281 g/mol. The van der Waals surface area contributed by atoms with Crippen molar-refractivity contribution in [3.8, 4) is 0 Å². The number of piperidine rings is 1. The summed E-state index contributed by atoms with van der Waals surface area (Å²) >= 11 is 0. The highest BCUT2D eigenvalue weighted by molar-refractivity contribution is 5.88. The van der Waals surface area contributed by atoms with Gasteiger partial charge >= 0.3 is 0 Å². The lowest BCUT2D eigenvalue weighted by Crippen LogP contribution is -2.52. The molecule has 2 N–H and O–H groups in total. The van der Waals surface area contributed by atoms with E-state index in [1.807, 2.05) is 0 Å². The number of nitrogens with zero attached hydrogens (tertiary/aromatic N) is 1. The molecule has 0 radical (unpaired) electrons. The van der Waals surface area contributed by atoms with Crippen LogP contribution < -0.4 is 10.6 Å². The van der Waals surface area contributed by atoms with Gasteiger partial charge in [-0.25, -0.2) is 0 Å². The van der Waals surface area contributed by atoms with Crippen molar-refractivity contribution in [2.45, 2.75) is 38.6 Å².